The topological polar surface area (TPSA) is 72.5 Å². The molecule has 6 heteroatoms. The van der Waals surface area contributed by atoms with E-state index in [4.69, 9.17) is 15.6 Å². The SMILES string of the molecule is Cl.NC(Cc1ccc(OCCBr)cc1)C(=O)O. The van der Waals surface area contributed by atoms with Gasteiger partial charge in [0.05, 0.1) is 6.61 Å². The first-order valence-electron chi connectivity index (χ1n) is 4.89. The van der Waals surface area contributed by atoms with Crippen molar-refractivity contribution in [1.82, 2.24) is 0 Å². The lowest BCUT2D eigenvalue weighted by atomic mass is 10.1. The highest BCUT2D eigenvalue weighted by Gasteiger charge is 2.11. The number of aliphatic carboxylic acids is 1. The van der Waals surface area contributed by atoms with Crippen LogP contribution in [-0.2, 0) is 11.2 Å². The smallest absolute Gasteiger partial charge is 0.320 e. The summed E-state index contributed by atoms with van der Waals surface area (Å²) in [4.78, 5) is 10.6. The van der Waals surface area contributed by atoms with Gasteiger partial charge in [0.15, 0.2) is 0 Å². The molecule has 0 bridgehead atoms. The number of rotatable bonds is 6. The Labute approximate surface area is 115 Å². The molecule has 0 saturated heterocycles. The first kappa shape index (κ1) is 16.2. The molecule has 1 aromatic rings. The monoisotopic (exact) mass is 323 g/mol. The molecular weight excluding hydrogens is 309 g/mol. The maximum absolute atomic E-state index is 10.6. The summed E-state index contributed by atoms with van der Waals surface area (Å²) in [6.45, 7) is 0.605. The van der Waals surface area contributed by atoms with Crippen molar-refractivity contribution in [3.05, 3.63) is 29.8 Å². The number of nitrogens with two attached hydrogens (primary N) is 1. The first-order chi connectivity index (χ1) is 7.63. The van der Waals surface area contributed by atoms with Crippen LogP contribution in [0.25, 0.3) is 0 Å². The molecule has 17 heavy (non-hydrogen) atoms. The predicted molar refractivity (Wildman–Crippen MR) is 72.3 cm³/mol. The van der Waals surface area contributed by atoms with Crippen molar-refractivity contribution in [3.8, 4) is 5.75 Å². The molecule has 0 spiro atoms. The molecule has 0 aliphatic heterocycles. The summed E-state index contributed by atoms with van der Waals surface area (Å²) in [6, 6.07) is 6.42. The molecule has 0 aromatic heterocycles. The summed E-state index contributed by atoms with van der Waals surface area (Å²) in [5.41, 5.74) is 6.32. The fourth-order valence-electron chi connectivity index (χ4n) is 1.22. The van der Waals surface area contributed by atoms with E-state index in [-0.39, 0.29) is 12.4 Å². The number of carbonyl (C=O) groups is 1. The maximum Gasteiger partial charge on any atom is 0.320 e. The first-order valence-corrected chi connectivity index (χ1v) is 6.01. The van der Waals surface area contributed by atoms with E-state index in [1.807, 2.05) is 24.3 Å². The van der Waals surface area contributed by atoms with Gasteiger partial charge in [0, 0.05) is 5.33 Å². The Hall–Kier alpha value is -0.780. The van der Waals surface area contributed by atoms with Gasteiger partial charge in [-0.2, -0.15) is 0 Å². The Balaban J connectivity index is 0.00000256. The minimum Gasteiger partial charge on any atom is -0.493 e. The van der Waals surface area contributed by atoms with Crippen LogP contribution in [0.5, 0.6) is 5.75 Å². The number of benzene rings is 1. The van der Waals surface area contributed by atoms with Crippen LogP contribution in [0.15, 0.2) is 24.3 Å². The largest absolute Gasteiger partial charge is 0.493 e. The van der Waals surface area contributed by atoms with Crippen LogP contribution in [-0.4, -0.2) is 29.1 Å². The lowest BCUT2D eigenvalue weighted by Crippen LogP contribution is -2.32. The van der Waals surface area contributed by atoms with Gasteiger partial charge >= 0.3 is 5.97 Å². The Kier molecular flexibility index (Phi) is 7.95. The van der Waals surface area contributed by atoms with E-state index in [2.05, 4.69) is 15.9 Å². The molecule has 0 radical (unpaired) electrons. The molecule has 0 aliphatic rings. The van der Waals surface area contributed by atoms with Crippen LogP contribution in [0.3, 0.4) is 0 Å². The fourth-order valence-corrected chi connectivity index (χ4v) is 1.38. The molecule has 1 atom stereocenters. The summed E-state index contributed by atoms with van der Waals surface area (Å²) < 4.78 is 5.37. The van der Waals surface area contributed by atoms with Gasteiger partial charge in [0.1, 0.15) is 11.8 Å². The quantitative estimate of drug-likeness (QED) is 0.783. The van der Waals surface area contributed by atoms with Gasteiger partial charge in [0.25, 0.3) is 0 Å². The zero-order chi connectivity index (χ0) is 12.0. The Morgan fingerprint density at radius 2 is 2.00 bits per heavy atom. The zero-order valence-corrected chi connectivity index (χ0v) is 11.5. The number of hydrogen-bond donors (Lipinski definition) is 2. The number of hydrogen-bond acceptors (Lipinski definition) is 3. The van der Waals surface area contributed by atoms with Crippen molar-refractivity contribution in [1.29, 1.82) is 0 Å². The van der Waals surface area contributed by atoms with Crippen LogP contribution < -0.4 is 10.5 Å². The van der Waals surface area contributed by atoms with Gasteiger partial charge in [-0.25, -0.2) is 0 Å². The van der Waals surface area contributed by atoms with Crippen molar-refractivity contribution in [3.63, 3.8) is 0 Å². The van der Waals surface area contributed by atoms with Crippen LogP contribution in [0.1, 0.15) is 5.56 Å². The van der Waals surface area contributed by atoms with E-state index in [9.17, 15) is 4.79 Å². The molecule has 1 rings (SSSR count). The van der Waals surface area contributed by atoms with Crippen molar-refractivity contribution in [2.75, 3.05) is 11.9 Å². The van der Waals surface area contributed by atoms with Gasteiger partial charge in [-0.05, 0) is 24.1 Å². The number of carboxylic acids is 1. The minimum absolute atomic E-state index is 0. The van der Waals surface area contributed by atoms with E-state index in [0.717, 1.165) is 16.6 Å². The summed E-state index contributed by atoms with van der Waals surface area (Å²) in [5, 5.41) is 9.44. The molecule has 0 aliphatic carbocycles. The normalized spacial score (nSPS) is 11.4. The lowest BCUT2D eigenvalue weighted by molar-refractivity contribution is -0.138. The van der Waals surface area contributed by atoms with E-state index >= 15 is 0 Å². The summed E-state index contributed by atoms with van der Waals surface area (Å²) in [7, 11) is 0. The third kappa shape index (κ3) is 5.91. The number of ether oxygens (including phenoxy) is 1. The van der Waals surface area contributed by atoms with E-state index < -0.39 is 12.0 Å². The zero-order valence-electron chi connectivity index (χ0n) is 9.14. The summed E-state index contributed by atoms with van der Waals surface area (Å²) in [6.07, 6.45) is 0.327. The van der Waals surface area contributed by atoms with E-state index in [0.29, 0.717) is 13.0 Å². The second-order valence-corrected chi connectivity index (χ2v) is 4.12. The van der Waals surface area contributed by atoms with Crippen LogP contribution >= 0.6 is 28.3 Å². The lowest BCUT2D eigenvalue weighted by Gasteiger charge is -2.08. The Morgan fingerprint density at radius 1 is 1.41 bits per heavy atom. The van der Waals surface area contributed by atoms with Gasteiger partial charge in [-0.1, -0.05) is 28.1 Å². The minimum atomic E-state index is -0.986. The molecule has 0 fully saturated rings. The molecule has 4 nitrogen and oxygen atoms in total. The Bertz CT molecular complexity index is 345. The predicted octanol–water partition coefficient (Wildman–Crippen LogP) is 1.84. The third-order valence-electron chi connectivity index (χ3n) is 2.04. The van der Waals surface area contributed by atoms with E-state index in [1.54, 1.807) is 0 Å². The van der Waals surface area contributed by atoms with Crippen molar-refractivity contribution in [2.45, 2.75) is 12.5 Å². The fraction of sp³-hybridized carbons (Fsp3) is 0.364. The third-order valence-corrected chi connectivity index (χ3v) is 2.37. The second-order valence-electron chi connectivity index (χ2n) is 3.33. The highest BCUT2D eigenvalue weighted by atomic mass is 79.9. The number of alkyl halides is 1. The second kappa shape index (κ2) is 8.33. The van der Waals surface area contributed by atoms with Crippen LogP contribution in [0.2, 0.25) is 0 Å². The van der Waals surface area contributed by atoms with E-state index in [1.165, 1.54) is 0 Å². The molecule has 1 unspecified atom stereocenters. The standard InChI is InChI=1S/C11H14BrNO3.ClH/c12-5-6-16-9-3-1-8(2-4-9)7-10(13)11(14)15;/h1-4,10H,5-7,13H2,(H,14,15);1H. The summed E-state index contributed by atoms with van der Waals surface area (Å²) in [5.74, 6) is -0.216. The average molecular weight is 325 g/mol. The molecular formula is C11H15BrClNO3. The highest BCUT2D eigenvalue weighted by molar-refractivity contribution is 9.09. The summed E-state index contributed by atoms with van der Waals surface area (Å²) >= 11 is 3.26. The van der Waals surface area contributed by atoms with Gasteiger partial charge in [0.2, 0.25) is 0 Å². The van der Waals surface area contributed by atoms with Gasteiger partial charge < -0.3 is 15.6 Å². The average Bonchev–Trinajstić information content (AvgIpc) is 2.28. The number of halogens is 2. The van der Waals surface area contributed by atoms with Crippen molar-refractivity contribution >= 4 is 34.3 Å². The highest BCUT2D eigenvalue weighted by Crippen LogP contribution is 2.13. The van der Waals surface area contributed by atoms with Crippen LogP contribution in [0, 0.1) is 0 Å². The molecule has 0 amide bonds. The molecule has 96 valence electrons. The molecule has 0 heterocycles. The Morgan fingerprint density at radius 3 is 2.47 bits per heavy atom. The van der Waals surface area contributed by atoms with Crippen molar-refractivity contribution in [2.24, 2.45) is 5.73 Å². The van der Waals surface area contributed by atoms with Gasteiger partial charge in [-0.15, -0.1) is 12.4 Å². The maximum atomic E-state index is 10.6. The molecule has 3 N–H and O–H groups in total. The van der Waals surface area contributed by atoms with Crippen molar-refractivity contribution < 1.29 is 14.6 Å². The molecule has 1 aromatic carbocycles. The number of carboxylic acid groups (broad SMARTS) is 1. The van der Waals surface area contributed by atoms with Crippen LogP contribution in [0.4, 0.5) is 0 Å². The molecule has 0 saturated carbocycles. The van der Waals surface area contributed by atoms with Gasteiger partial charge in [-0.3, -0.25) is 4.79 Å².